The van der Waals surface area contributed by atoms with Crippen LogP contribution in [0, 0.1) is 0 Å². The first-order valence-electron chi connectivity index (χ1n) is 6.77. The van der Waals surface area contributed by atoms with Crippen molar-refractivity contribution in [3.63, 3.8) is 0 Å². The van der Waals surface area contributed by atoms with Crippen LogP contribution in [0.5, 0.6) is 0 Å². The molecule has 1 saturated heterocycles. The van der Waals surface area contributed by atoms with Crippen molar-refractivity contribution in [1.82, 2.24) is 10.2 Å². The summed E-state index contributed by atoms with van der Waals surface area (Å²) in [6.45, 7) is 7.95. The van der Waals surface area contributed by atoms with Crippen molar-refractivity contribution >= 4 is 0 Å². The average Bonchev–Trinajstić information content (AvgIpc) is 2.81. The molecule has 2 rings (SSSR count). The van der Waals surface area contributed by atoms with Crippen LogP contribution in [0.3, 0.4) is 0 Å². The van der Waals surface area contributed by atoms with Crippen molar-refractivity contribution in [1.29, 1.82) is 0 Å². The molecule has 0 radical (unpaired) electrons. The van der Waals surface area contributed by atoms with Gasteiger partial charge in [0.1, 0.15) is 0 Å². The Hall–Kier alpha value is -0.800. The van der Waals surface area contributed by atoms with Crippen molar-refractivity contribution in [2.24, 2.45) is 0 Å². The number of nitrogens with zero attached hydrogens (tertiary/aromatic N) is 1. The molecule has 0 aromatic carbocycles. The first-order valence-corrected chi connectivity index (χ1v) is 6.77. The van der Waals surface area contributed by atoms with E-state index in [9.17, 15) is 0 Å². The maximum atomic E-state index is 5.14. The number of hydrogen-bond donors (Lipinski definition) is 1. The first kappa shape index (κ1) is 12.7. The lowest BCUT2D eigenvalue weighted by Crippen LogP contribution is -2.43. The van der Waals surface area contributed by atoms with Crippen LogP contribution < -0.4 is 5.32 Å². The van der Waals surface area contributed by atoms with E-state index in [-0.39, 0.29) is 0 Å². The monoisotopic (exact) mass is 236 g/mol. The second kappa shape index (κ2) is 6.22. The molecule has 0 aliphatic carbocycles. The Labute approximate surface area is 104 Å². The quantitative estimate of drug-likeness (QED) is 0.874. The fourth-order valence-electron chi connectivity index (χ4n) is 2.52. The third-order valence-corrected chi connectivity index (χ3v) is 3.67. The van der Waals surface area contributed by atoms with Crippen LogP contribution in [0.25, 0.3) is 0 Å². The minimum Gasteiger partial charge on any atom is -0.472 e. The van der Waals surface area contributed by atoms with Crippen LogP contribution in [-0.2, 0) is 6.54 Å². The van der Waals surface area contributed by atoms with Gasteiger partial charge in [-0.05, 0) is 45.3 Å². The highest BCUT2D eigenvalue weighted by Gasteiger charge is 2.17. The lowest BCUT2D eigenvalue weighted by molar-refractivity contribution is 0.205. The molecule has 96 valence electrons. The SMILES string of the molecule is CCC1CCN(Cc2ccoc2)CCC(C)N1. The lowest BCUT2D eigenvalue weighted by Gasteiger charge is -2.31. The van der Waals surface area contributed by atoms with Crippen LogP contribution in [0.15, 0.2) is 23.0 Å². The molecule has 3 nitrogen and oxygen atoms in total. The van der Waals surface area contributed by atoms with E-state index in [0.717, 1.165) is 6.54 Å². The minimum absolute atomic E-state index is 0.632. The Morgan fingerprint density at radius 3 is 2.94 bits per heavy atom. The fraction of sp³-hybridized carbons (Fsp3) is 0.714. The molecular formula is C14H24N2O. The molecule has 1 fully saturated rings. The Morgan fingerprint density at radius 2 is 2.24 bits per heavy atom. The number of nitrogens with one attached hydrogen (secondary N) is 1. The smallest absolute Gasteiger partial charge is 0.0947 e. The summed E-state index contributed by atoms with van der Waals surface area (Å²) in [5.41, 5.74) is 1.29. The summed E-state index contributed by atoms with van der Waals surface area (Å²) in [6.07, 6.45) is 7.33. The molecule has 3 heteroatoms. The summed E-state index contributed by atoms with van der Waals surface area (Å²) in [6, 6.07) is 3.38. The molecule has 0 saturated carbocycles. The Morgan fingerprint density at radius 1 is 1.41 bits per heavy atom. The molecule has 17 heavy (non-hydrogen) atoms. The zero-order valence-corrected chi connectivity index (χ0v) is 11.0. The van der Waals surface area contributed by atoms with Gasteiger partial charge in [-0.25, -0.2) is 0 Å². The summed E-state index contributed by atoms with van der Waals surface area (Å²) in [5, 5.41) is 3.70. The van der Waals surface area contributed by atoms with Crippen LogP contribution in [0.2, 0.25) is 0 Å². The maximum Gasteiger partial charge on any atom is 0.0947 e. The summed E-state index contributed by atoms with van der Waals surface area (Å²) in [7, 11) is 0. The van der Waals surface area contributed by atoms with Gasteiger partial charge in [-0.1, -0.05) is 6.92 Å². The predicted molar refractivity (Wildman–Crippen MR) is 69.9 cm³/mol. The Balaban J connectivity index is 1.89. The van der Waals surface area contributed by atoms with Gasteiger partial charge in [-0.3, -0.25) is 4.90 Å². The molecule has 2 heterocycles. The normalized spacial score (nSPS) is 27.6. The van der Waals surface area contributed by atoms with Gasteiger partial charge in [-0.15, -0.1) is 0 Å². The van der Waals surface area contributed by atoms with Crippen LogP contribution in [-0.4, -0.2) is 30.1 Å². The molecule has 0 spiro atoms. The molecule has 0 bridgehead atoms. The summed E-state index contributed by atoms with van der Waals surface area (Å²) in [5.74, 6) is 0. The first-order chi connectivity index (χ1) is 8.28. The number of hydrogen-bond acceptors (Lipinski definition) is 3. The van der Waals surface area contributed by atoms with Crippen molar-refractivity contribution in [2.75, 3.05) is 13.1 Å². The molecular weight excluding hydrogens is 212 g/mol. The van der Waals surface area contributed by atoms with Crippen LogP contribution in [0.4, 0.5) is 0 Å². The molecule has 1 aromatic heterocycles. The minimum atomic E-state index is 0.632. The molecule has 0 amide bonds. The number of furan rings is 1. The van der Waals surface area contributed by atoms with Gasteiger partial charge >= 0.3 is 0 Å². The molecule has 1 aliphatic rings. The highest BCUT2D eigenvalue weighted by molar-refractivity contribution is 5.04. The van der Waals surface area contributed by atoms with Crippen molar-refractivity contribution in [3.05, 3.63) is 24.2 Å². The van der Waals surface area contributed by atoms with Gasteiger partial charge in [0.25, 0.3) is 0 Å². The van der Waals surface area contributed by atoms with Gasteiger partial charge in [0.15, 0.2) is 0 Å². The molecule has 2 atom stereocenters. The van der Waals surface area contributed by atoms with Crippen molar-refractivity contribution < 1.29 is 4.42 Å². The van der Waals surface area contributed by atoms with E-state index in [1.165, 1.54) is 37.9 Å². The van der Waals surface area contributed by atoms with Gasteiger partial charge in [0.05, 0.1) is 12.5 Å². The summed E-state index contributed by atoms with van der Waals surface area (Å²) >= 11 is 0. The Bertz CT molecular complexity index is 310. The van der Waals surface area contributed by atoms with Gasteiger partial charge in [-0.2, -0.15) is 0 Å². The van der Waals surface area contributed by atoms with E-state index in [2.05, 4.69) is 30.1 Å². The number of rotatable bonds is 3. The van der Waals surface area contributed by atoms with E-state index in [4.69, 9.17) is 4.42 Å². The molecule has 1 N–H and O–H groups in total. The van der Waals surface area contributed by atoms with Gasteiger partial charge in [0, 0.05) is 24.2 Å². The third kappa shape index (κ3) is 3.86. The average molecular weight is 236 g/mol. The summed E-state index contributed by atoms with van der Waals surface area (Å²) in [4.78, 5) is 2.55. The highest BCUT2D eigenvalue weighted by atomic mass is 16.3. The van der Waals surface area contributed by atoms with Gasteiger partial charge < -0.3 is 9.73 Å². The van der Waals surface area contributed by atoms with E-state index in [0.29, 0.717) is 12.1 Å². The second-order valence-electron chi connectivity index (χ2n) is 5.16. The van der Waals surface area contributed by atoms with Crippen LogP contribution in [0.1, 0.15) is 38.7 Å². The fourth-order valence-corrected chi connectivity index (χ4v) is 2.52. The zero-order chi connectivity index (χ0) is 12.1. The standard InChI is InChI=1S/C14H24N2O/c1-3-14-5-8-16(7-4-12(2)15-14)10-13-6-9-17-11-13/h6,9,11-12,14-15H,3-5,7-8,10H2,1-2H3. The van der Waals surface area contributed by atoms with Crippen LogP contribution >= 0.6 is 0 Å². The predicted octanol–water partition coefficient (Wildman–Crippen LogP) is 2.63. The van der Waals surface area contributed by atoms with E-state index >= 15 is 0 Å². The largest absolute Gasteiger partial charge is 0.472 e. The van der Waals surface area contributed by atoms with Crippen molar-refractivity contribution in [2.45, 2.75) is 51.7 Å². The topological polar surface area (TPSA) is 28.4 Å². The lowest BCUT2D eigenvalue weighted by atomic mass is 10.1. The Kier molecular flexibility index (Phi) is 4.63. The zero-order valence-electron chi connectivity index (χ0n) is 11.0. The molecule has 1 aliphatic heterocycles. The molecule has 2 unspecified atom stereocenters. The van der Waals surface area contributed by atoms with Gasteiger partial charge in [0.2, 0.25) is 0 Å². The van der Waals surface area contributed by atoms with E-state index < -0.39 is 0 Å². The second-order valence-corrected chi connectivity index (χ2v) is 5.16. The highest BCUT2D eigenvalue weighted by Crippen LogP contribution is 2.12. The molecule has 1 aromatic rings. The maximum absolute atomic E-state index is 5.14. The van der Waals surface area contributed by atoms with E-state index in [1.807, 2.05) is 6.26 Å². The van der Waals surface area contributed by atoms with Crippen molar-refractivity contribution in [3.8, 4) is 0 Å². The van der Waals surface area contributed by atoms with E-state index in [1.54, 1.807) is 6.26 Å². The third-order valence-electron chi connectivity index (χ3n) is 3.67. The summed E-state index contributed by atoms with van der Waals surface area (Å²) < 4.78 is 5.14.